The Morgan fingerprint density at radius 3 is 2.47 bits per heavy atom. The van der Waals surface area contributed by atoms with Gasteiger partial charge in [-0.1, -0.05) is 0 Å². The SMILES string of the molecule is Cc1cnc(Oc2ccc(OC(F)(F)F)cc2)c(C(=O)Nc2ccc[n+]([O-])c2)c1F. The second-order valence-electron chi connectivity index (χ2n) is 5.96. The Balaban J connectivity index is 1.87. The predicted molar refractivity (Wildman–Crippen MR) is 95.5 cm³/mol. The van der Waals surface area contributed by atoms with Gasteiger partial charge in [-0.2, -0.15) is 4.73 Å². The molecule has 0 aliphatic carbocycles. The highest BCUT2D eigenvalue weighted by molar-refractivity contribution is 6.06. The second kappa shape index (κ2) is 8.23. The fraction of sp³-hybridized carbons (Fsp3) is 0.105. The number of carbonyl (C=O) groups is 1. The maximum Gasteiger partial charge on any atom is 0.573 e. The highest BCUT2D eigenvalue weighted by Crippen LogP contribution is 2.30. The summed E-state index contributed by atoms with van der Waals surface area (Å²) in [5.41, 5.74) is -0.363. The maximum atomic E-state index is 14.7. The predicted octanol–water partition coefficient (Wildman–Crippen LogP) is 4.11. The first-order chi connectivity index (χ1) is 14.1. The molecule has 2 aromatic heterocycles. The molecule has 3 aromatic rings. The number of aryl methyl sites for hydroxylation is 1. The number of anilines is 1. The van der Waals surface area contributed by atoms with E-state index < -0.39 is 35.3 Å². The fourth-order valence-electron chi connectivity index (χ4n) is 2.39. The lowest BCUT2D eigenvalue weighted by Gasteiger charge is -2.13. The Morgan fingerprint density at radius 2 is 1.83 bits per heavy atom. The van der Waals surface area contributed by atoms with Gasteiger partial charge in [0.25, 0.3) is 5.91 Å². The molecule has 0 aliphatic rings. The zero-order chi connectivity index (χ0) is 21.9. The zero-order valence-electron chi connectivity index (χ0n) is 15.2. The summed E-state index contributed by atoms with van der Waals surface area (Å²) in [6.07, 6.45) is -1.45. The minimum absolute atomic E-state index is 0.00793. The summed E-state index contributed by atoms with van der Waals surface area (Å²) < 4.78 is 61.0. The van der Waals surface area contributed by atoms with Crippen molar-refractivity contribution >= 4 is 11.6 Å². The van der Waals surface area contributed by atoms with Crippen LogP contribution < -0.4 is 19.5 Å². The molecule has 0 fully saturated rings. The molecular formula is C19H13F4N3O4. The molecule has 0 bridgehead atoms. The number of hydrogen-bond acceptors (Lipinski definition) is 5. The smallest absolute Gasteiger partial charge is 0.573 e. The van der Waals surface area contributed by atoms with E-state index in [1.54, 1.807) is 0 Å². The molecule has 0 unspecified atom stereocenters. The number of hydrogen-bond donors (Lipinski definition) is 1. The van der Waals surface area contributed by atoms with Crippen molar-refractivity contribution in [3.05, 3.63) is 77.1 Å². The number of pyridine rings is 2. The molecule has 0 radical (unpaired) electrons. The molecule has 3 rings (SSSR count). The van der Waals surface area contributed by atoms with Crippen LogP contribution in [0.4, 0.5) is 23.2 Å². The third-order valence-electron chi connectivity index (χ3n) is 3.69. The van der Waals surface area contributed by atoms with Gasteiger partial charge in [0, 0.05) is 17.8 Å². The Kier molecular flexibility index (Phi) is 5.72. The molecule has 2 heterocycles. The first-order valence-corrected chi connectivity index (χ1v) is 8.31. The molecule has 1 amide bonds. The molecule has 0 aliphatic heterocycles. The molecule has 1 N–H and O–H groups in total. The number of carbonyl (C=O) groups excluding carboxylic acids is 1. The minimum atomic E-state index is -4.85. The van der Waals surface area contributed by atoms with E-state index in [0.29, 0.717) is 4.73 Å². The molecular weight excluding hydrogens is 410 g/mol. The molecule has 1 aromatic carbocycles. The normalized spacial score (nSPS) is 11.1. The van der Waals surface area contributed by atoms with Crippen LogP contribution >= 0.6 is 0 Å². The Bertz CT molecular complexity index is 1070. The van der Waals surface area contributed by atoms with Gasteiger partial charge < -0.3 is 20.0 Å². The maximum absolute atomic E-state index is 14.7. The average Bonchev–Trinajstić information content (AvgIpc) is 2.65. The molecule has 7 nitrogen and oxygen atoms in total. The van der Waals surface area contributed by atoms with E-state index in [9.17, 15) is 27.6 Å². The van der Waals surface area contributed by atoms with Crippen LogP contribution in [0.1, 0.15) is 15.9 Å². The summed E-state index contributed by atoms with van der Waals surface area (Å²) >= 11 is 0. The summed E-state index contributed by atoms with van der Waals surface area (Å²) in [6, 6.07) is 7.07. The molecule has 30 heavy (non-hydrogen) atoms. The number of alkyl halides is 3. The topological polar surface area (TPSA) is 87.4 Å². The van der Waals surface area contributed by atoms with E-state index in [2.05, 4.69) is 15.0 Å². The standard InChI is InChI=1S/C19H13F4N3O4/c1-11-9-24-18(29-13-4-6-14(7-5-13)30-19(21,22)23)15(16(11)20)17(27)25-12-3-2-8-26(28)10-12/h2-10H,1H3,(H,25,27). The van der Waals surface area contributed by atoms with Crippen molar-refractivity contribution in [1.29, 1.82) is 0 Å². The number of nitrogens with zero attached hydrogens (tertiary/aromatic N) is 2. The van der Waals surface area contributed by atoms with Gasteiger partial charge in [0.15, 0.2) is 6.20 Å². The van der Waals surface area contributed by atoms with Crippen LogP contribution in [0.25, 0.3) is 0 Å². The number of nitrogens with one attached hydrogen (secondary N) is 1. The largest absolute Gasteiger partial charge is 0.619 e. The highest BCUT2D eigenvalue weighted by atomic mass is 19.4. The van der Waals surface area contributed by atoms with Gasteiger partial charge in [0.1, 0.15) is 28.6 Å². The summed E-state index contributed by atoms with van der Waals surface area (Å²) in [5, 5.41) is 13.7. The van der Waals surface area contributed by atoms with Gasteiger partial charge in [-0.05, 0) is 37.3 Å². The Morgan fingerprint density at radius 1 is 1.17 bits per heavy atom. The van der Waals surface area contributed by atoms with Crippen molar-refractivity contribution in [3.8, 4) is 17.4 Å². The summed E-state index contributed by atoms with van der Waals surface area (Å²) in [4.78, 5) is 16.5. The summed E-state index contributed by atoms with van der Waals surface area (Å²) in [6.45, 7) is 1.39. The Labute approximate surface area is 167 Å². The van der Waals surface area contributed by atoms with Gasteiger partial charge in [-0.15, -0.1) is 13.2 Å². The van der Waals surface area contributed by atoms with E-state index >= 15 is 0 Å². The number of halogens is 4. The number of amides is 1. The van der Waals surface area contributed by atoms with Crippen molar-refractivity contribution < 1.29 is 36.6 Å². The van der Waals surface area contributed by atoms with Crippen LogP contribution in [0.2, 0.25) is 0 Å². The van der Waals surface area contributed by atoms with Crippen LogP contribution in [0.3, 0.4) is 0 Å². The zero-order valence-corrected chi connectivity index (χ0v) is 15.2. The van der Waals surface area contributed by atoms with Gasteiger partial charge in [-0.3, -0.25) is 4.79 Å². The van der Waals surface area contributed by atoms with Gasteiger partial charge >= 0.3 is 6.36 Å². The highest BCUT2D eigenvalue weighted by Gasteiger charge is 2.31. The molecule has 156 valence electrons. The second-order valence-corrected chi connectivity index (χ2v) is 5.96. The summed E-state index contributed by atoms with van der Waals surface area (Å²) in [5.74, 6) is -2.73. The Hall–Kier alpha value is -3.89. The molecule has 0 saturated heterocycles. The van der Waals surface area contributed by atoms with Gasteiger partial charge in [-0.25, -0.2) is 9.37 Å². The van der Waals surface area contributed by atoms with Crippen LogP contribution in [0.15, 0.2) is 55.0 Å². The van der Waals surface area contributed by atoms with E-state index in [4.69, 9.17) is 4.74 Å². The quantitative estimate of drug-likeness (QED) is 0.379. The van der Waals surface area contributed by atoms with Gasteiger partial charge in [0.05, 0.1) is 0 Å². The first kappa shape index (κ1) is 20.8. The van der Waals surface area contributed by atoms with Gasteiger partial charge in [0.2, 0.25) is 12.1 Å². The van der Waals surface area contributed by atoms with Crippen LogP contribution in [0.5, 0.6) is 17.4 Å². The minimum Gasteiger partial charge on any atom is -0.619 e. The van der Waals surface area contributed by atoms with Crippen LogP contribution in [0, 0.1) is 17.9 Å². The van der Waals surface area contributed by atoms with E-state index in [1.807, 2.05) is 0 Å². The van der Waals surface area contributed by atoms with E-state index in [-0.39, 0.29) is 17.0 Å². The lowest BCUT2D eigenvalue weighted by atomic mass is 10.1. The average molecular weight is 423 g/mol. The number of rotatable bonds is 5. The third-order valence-corrected chi connectivity index (χ3v) is 3.69. The van der Waals surface area contributed by atoms with E-state index in [0.717, 1.165) is 36.7 Å². The van der Waals surface area contributed by atoms with Crippen molar-refractivity contribution in [2.45, 2.75) is 13.3 Å². The van der Waals surface area contributed by atoms with Crippen LogP contribution in [-0.2, 0) is 0 Å². The lowest BCUT2D eigenvalue weighted by Crippen LogP contribution is -2.26. The van der Waals surface area contributed by atoms with Crippen molar-refractivity contribution in [1.82, 2.24) is 4.98 Å². The summed E-state index contributed by atoms with van der Waals surface area (Å²) in [7, 11) is 0. The van der Waals surface area contributed by atoms with Crippen LogP contribution in [-0.4, -0.2) is 17.3 Å². The van der Waals surface area contributed by atoms with Crippen molar-refractivity contribution in [2.24, 2.45) is 0 Å². The monoisotopic (exact) mass is 423 g/mol. The fourth-order valence-corrected chi connectivity index (χ4v) is 2.39. The number of benzene rings is 1. The lowest BCUT2D eigenvalue weighted by molar-refractivity contribution is -0.604. The molecule has 0 spiro atoms. The molecule has 11 heteroatoms. The molecule has 0 atom stereocenters. The number of aromatic nitrogens is 2. The van der Waals surface area contributed by atoms with Crippen molar-refractivity contribution in [2.75, 3.05) is 5.32 Å². The number of ether oxygens (including phenoxy) is 2. The third kappa shape index (κ3) is 5.13. The molecule has 0 saturated carbocycles. The first-order valence-electron chi connectivity index (χ1n) is 8.31. The van der Waals surface area contributed by atoms with Crippen molar-refractivity contribution in [3.63, 3.8) is 0 Å². The van der Waals surface area contributed by atoms with E-state index in [1.165, 1.54) is 25.3 Å².